The van der Waals surface area contributed by atoms with Crippen molar-refractivity contribution < 1.29 is 14.7 Å². The molecule has 0 saturated carbocycles. The molecule has 24 heavy (non-hydrogen) atoms. The number of carbonyl (C=O) groups excluding carboxylic acids is 1. The Morgan fingerprint density at radius 3 is 2.33 bits per heavy atom. The van der Waals surface area contributed by atoms with E-state index in [0.29, 0.717) is 11.3 Å². The topological polar surface area (TPSA) is 66.4 Å². The largest absolute Gasteiger partial charge is 0.481 e. The quantitative estimate of drug-likeness (QED) is 0.793. The van der Waals surface area contributed by atoms with E-state index in [1.54, 1.807) is 31.2 Å². The SMILES string of the molecule is CCCC(C(=O)Nc1cccc(C(C)C(=O)O)c1)c1ccccc1. The Morgan fingerprint density at radius 2 is 1.71 bits per heavy atom. The van der Waals surface area contributed by atoms with E-state index in [0.717, 1.165) is 18.4 Å². The predicted octanol–water partition coefficient (Wildman–Crippen LogP) is 4.40. The first-order chi connectivity index (χ1) is 11.5. The first kappa shape index (κ1) is 17.7. The monoisotopic (exact) mass is 325 g/mol. The molecule has 4 heteroatoms. The fraction of sp³-hybridized carbons (Fsp3) is 0.300. The second-order valence-corrected chi connectivity index (χ2v) is 5.93. The van der Waals surface area contributed by atoms with Crippen molar-refractivity contribution in [2.24, 2.45) is 0 Å². The lowest BCUT2D eigenvalue weighted by Crippen LogP contribution is -2.21. The van der Waals surface area contributed by atoms with Gasteiger partial charge < -0.3 is 10.4 Å². The van der Waals surface area contributed by atoms with Crippen molar-refractivity contribution in [3.05, 3.63) is 65.7 Å². The molecule has 0 radical (unpaired) electrons. The van der Waals surface area contributed by atoms with Crippen molar-refractivity contribution in [3.8, 4) is 0 Å². The van der Waals surface area contributed by atoms with Crippen LogP contribution in [0.3, 0.4) is 0 Å². The number of hydrogen-bond acceptors (Lipinski definition) is 2. The summed E-state index contributed by atoms with van der Waals surface area (Å²) in [6, 6.07) is 16.7. The van der Waals surface area contributed by atoms with Gasteiger partial charge in [0.25, 0.3) is 0 Å². The van der Waals surface area contributed by atoms with Crippen molar-refractivity contribution >= 4 is 17.6 Å². The van der Waals surface area contributed by atoms with Crippen LogP contribution in [0, 0.1) is 0 Å². The summed E-state index contributed by atoms with van der Waals surface area (Å²) in [5, 5.41) is 12.1. The number of hydrogen-bond donors (Lipinski definition) is 2. The van der Waals surface area contributed by atoms with Crippen molar-refractivity contribution in [1.29, 1.82) is 0 Å². The molecule has 0 bridgehead atoms. The Kier molecular flexibility index (Phi) is 6.13. The van der Waals surface area contributed by atoms with Crippen LogP contribution in [0.4, 0.5) is 5.69 Å². The molecule has 0 aliphatic rings. The van der Waals surface area contributed by atoms with Crippen molar-refractivity contribution in [2.75, 3.05) is 5.32 Å². The highest BCUT2D eigenvalue weighted by molar-refractivity contribution is 5.96. The van der Waals surface area contributed by atoms with Gasteiger partial charge in [-0.2, -0.15) is 0 Å². The van der Waals surface area contributed by atoms with Gasteiger partial charge in [0, 0.05) is 5.69 Å². The van der Waals surface area contributed by atoms with Crippen LogP contribution in [0.5, 0.6) is 0 Å². The maximum Gasteiger partial charge on any atom is 0.310 e. The van der Waals surface area contributed by atoms with Crippen LogP contribution < -0.4 is 5.32 Å². The van der Waals surface area contributed by atoms with E-state index in [1.807, 2.05) is 30.3 Å². The van der Waals surface area contributed by atoms with E-state index in [1.165, 1.54) is 0 Å². The molecule has 2 unspecified atom stereocenters. The van der Waals surface area contributed by atoms with E-state index >= 15 is 0 Å². The van der Waals surface area contributed by atoms with E-state index in [2.05, 4.69) is 12.2 Å². The predicted molar refractivity (Wildman–Crippen MR) is 95.2 cm³/mol. The second-order valence-electron chi connectivity index (χ2n) is 5.93. The third-order valence-electron chi connectivity index (χ3n) is 4.12. The van der Waals surface area contributed by atoms with Crippen LogP contribution in [-0.4, -0.2) is 17.0 Å². The van der Waals surface area contributed by atoms with E-state index < -0.39 is 11.9 Å². The van der Waals surface area contributed by atoms with Crippen LogP contribution >= 0.6 is 0 Å². The van der Waals surface area contributed by atoms with Crippen LogP contribution in [0.15, 0.2) is 54.6 Å². The minimum atomic E-state index is -0.883. The highest BCUT2D eigenvalue weighted by Crippen LogP contribution is 2.25. The minimum absolute atomic E-state index is 0.0665. The van der Waals surface area contributed by atoms with Crippen molar-refractivity contribution in [3.63, 3.8) is 0 Å². The number of carboxylic acid groups (broad SMARTS) is 1. The van der Waals surface area contributed by atoms with Crippen LogP contribution in [0.2, 0.25) is 0 Å². The average molecular weight is 325 g/mol. The number of rotatable bonds is 7. The van der Waals surface area contributed by atoms with E-state index in [4.69, 9.17) is 5.11 Å². The number of amides is 1. The summed E-state index contributed by atoms with van der Waals surface area (Å²) >= 11 is 0. The van der Waals surface area contributed by atoms with Gasteiger partial charge in [0.05, 0.1) is 11.8 Å². The highest BCUT2D eigenvalue weighted by Gasteiger charge is 2.20. The van der Waals surface area contributed by atoms with Gasteiger partial charge in [-0.25, -0.2) is 0 Å². The summed E-state index contributed by atoms with van der Waals surface area (Å²) < 4.78 is 0. The zero-order chi connectivity index (χ0) is 17.5. The molecule has 4 nitrogen and oxygen atoms in total. The Hall–Kier alpha value is -2.62. The van der Waals surface area contributed by atoms with Crippen molar-refractivity contribution in [1.82, 2.24) is 0 Å². The lowest BCUT2D eigenvalue weighted by Gasteiger charge is -2.17. The molecule has 0 aliphatic heterocycles. The summed E-state index contributed by atoms with van der Waals surface area (Å²) in [5.41, 5.74) is 2.29. The lowest BCUT2D eigenvalue weighted by atomic mass is 9.93. The highest BCUT2D eigenvalue weighted by atomic mass is 16.4. The Labute approximate surface area is 142 Å². The van der Waals surface area contributed by atoms with Gasteiger partial charge in [0.15, 0.2) is 0 Å². The minimum Gasteiger partial charge on any atom is -0.481 e. The molecule has 126 valence electrons. The molecule has 2 aromatic rings. The maximum atomic E-state index is 12.7. The average Bonchev–Trinajstić information content (AvgIpc) is 2.59. The zero-order valence-electron chi connectivity index (χ0n) is 14.0. The molecule has 2 aromatic carbocycles. The van der Waals surface area contributed by atoms with Crippen LogP contribution in [-0.2, 0) is 9.59 Å². The molecule has 0 saturated heterocycles. The number of nitrogens with one attached hydrogen (secondary N) is 1. The van der Waals surface area contributed by atoms with E-state index in [9.17, 15) is 9.59 Å². The van der Waals surface area contributed by atoms with Gasteiger partial charge >= 0.3 is 5.97 Å². The van der Waals surface area contributed by atoms with Gasteiger partial charge in [-0.3, -0.25) is 9.59 Å². The van der Waals surface area contributed by atoms with Gasteiger partial charge in [-0.05, 0) is 36.6 Å². The molecular formula is C20H23NO3. The van der Waals surface area contributed by atoms with Gasteiger partial charge in [-0.1, -0.05) is 55.8 Å². The first-order valence-corrected chi connectivity index (χ1v) is 8.21. The summed E-state index contributed by atoms with van der Waals surface area (Å²) in [4.78, 5) is 23.8. The first-order valence-electron chi connectivity index (χ1n) is 8.21. The van der Waals surface area contributed by atoms with Gasteiger partial charge in [0.2, 0.25) is 5.91 Å². The fourth-order valence-corrected chi connectivity index (χ4v) is 2.68. The Balaban J connectivity index is 2.18. The number of benzene rings is 2. The molecule has 2 rings (SSSR count). The molecule has 1 amide bonds. The van der Waals surface area contributed by atoms with Crippen molar-refractivity contribution in [2.45, 2.75) is 38.5 Å². The fourth-order valence-electron chi connectivity index (χ4n) is 2.68. The molecule has 0 spiro atoms. The third kappa shape index (κ3) is 4.44. The third-order valence-corrected chi connectivity index (χ3v) is 4.12. The molecular weight excluding hydrogens is 302 g/mol. The van der Waals surface area contributed by atoms with Crippen LogP contribution in [0.1, 0.15) is 49.7 Å². The second kappa shape index (κ2) is 8.29. The molecule has 0 aromatic heterocycles. The lowest BCUT2D eigenvalue weighted by molar-refractivity contribution is -0.138. The summed E-state index contributed by atoms with van der Waals surface area (Å²) in [7, 11) is 0. The summed E-state index contributed by atoms with van der Waals surface area (Å²) in [6.07, 6.45) is 1.67. The number of aliphatic carboxylic acids is 1. The molecule has 0 heterocycles. The number of anilines is 1. The maximum absolute atomic E-state index is 12.7. The molecule has 2 N–H and O–H groups in total. The molecule has 2 atom stereocenters. The number of carbonyl (C=O) groups is 2. The molecule has 0 aliphatic carbocycles. The smallest absolute Gasteiger partial charge is 0.310 e. The van der Waals surface area contributed by atoms with Gasteiger partial charge in [-0.15, -0.1) is 0 Å². The normalized spacial score (nSPS) is 13.1. The zero-order valence-corrected chi connectivity index (χ0v) is 14.0. The Morgan fingerprint density at radius 1 is 1.04 bits per heavy atom. The Bertz CT molecular complexity index is 697. The summed E-state index contributed by atoms with van der Waals surface area (Å²) in [6.45, 7) is 3.69. The number of carboxylic acids is 1. The van der Waals surface area contributed by atoms with Gasteiger partial charge in [0.1, 0.15) is 0 Å². The summed E-state index contributed by atoms with van der Waals surface area (Å²) in [5.74, 6) is -1.77. The van der Waals surface area contributed by atoms with E-state index in [-0.39, 0.29) is 11.8 Å². The standard InChI is InChI=1S/C20H23NO3/c1-3-8-18(15-9-5-4-6-10-15)19(22)21-17-12-7-11-16(13-17)14(2)20(23)24/h4-7,9-14,18H,3,8H2,1-2H3,(H,21,22)(H,23,24). The molecule has 0 fully saturated rings. The van der Waals surface area contributed by atoms with Crippen LogP contribution in [0.25, 0.3) is 0 Å².